The topological polar surface area (TPSA) is 82.9 Å². The predicted molar refractivity (Wildman–Crippen MR) is 76.6 cm³/mol. The van der Waals surface area contributed by atoms with Crippen molar-refractivity contribution in [1.82, 2.24) is 14.1 Å². The molecule has 0 aromatic carbocycles. The minimum absolute atomic E-state index is 0.277. The van der Waals surface area contributed by atoms with Crippen LogP contribution in [0.25, 0.3) is 0 Å². The molecule has 0 unspecified atom stereocenters. The molecule has 2 aromatic rings. The molecule has 0 aliphatic heterocycles. The Balaban J connectivity index is 2.16. The molecule has 0 aliphatic rings. The lowest BCUT2D eigenvalue weighted by atomic mass is 10.2. The molecule has 6 nitrogen and oxygen atoms in total. The van der Waals surface area contributed by atoms with Crippen molar-refractivity contribution in [3.05, 3.63) is 63.2 Å². The van der Waals surface area contributed by atoms with Crippen LogP contribution < -0.4 is 17.0 Å². The van der Waals surface area contributed by atoms with Gasteiger partial charge in [-0.15, -0.1) is 0 Å². The molecule has 0 fully saturated rings. The third-order valence-electron chi connectivity index (χ3n) is 3.09. The summed E-state index contributed by atoms with van der Waals surface area (Å²) in [6.07, 6.45) is 6.34. The number of pyridine rings is 1. The van der Waals surface area contributed by atoms with Gasteiger partial charge in [0.25, 0.3) is 5.56 Å². The number of aromatic nitrogens is 3. The fourth-order valence-corrected chi connectivity index (χ4v) is 1.98. The van der Waals surface area contributed by atoms with Crippen molar-refractivity contribution in [2.75, 3.05) is 6.54 Å². The number of nitrogens with zero attached hydrogens (tertiary/aromatic N) is 3. The van der Waals surface area contributed by atoms with E-state index in [-0.39, 0.29) is 11.2 Å². The van der Waals surface area contributed by atoms with Gasteiger partial charge in [0.15, 0.2) is 0 Å². The molecular formula is C14H18N4O2. The summed E-state index contributed by atoms with van der Waals surface area (Å²) in [5.74, 6) is 0. The average Bonchev–Trinajstić information content (AvgIpc) is 2.47. The van der Waals surface area contributed by atoms with Crippen LogP contribution in [0.1, 0.15) is 12.0 Å². The third-order valence-corrected chi connectivity index (χ3v) is 3.09. The van der Waals surface area contributed by atoms with E-state index in [4.69, 9.17) is 5.73 Å². The predicted octanol–water partition coefficient (Wildman–Crippen LogP) is -0.00350. The molecule has 0 saturated carbocycles. The first-order valence-corrected chi connectivity index (χ1v) is 6.61. The van der Waals surface area contributed by atoms with E-state index in [1.54, 1.807) is 23.2 Å². The van der Waals surface area contributed by atoms with Crippen molar-refractivity contribution in [2.24, 2.45) is 5.73 Å². The number of rotatable bonds is 6. The van der Waals surface area contributed by atoms with Crippen LogP contribution in [0.4, 0.5) is 0 Å². The molecular weight excluding hydrogens is 256 g/mol. The standard InChI is InChI=1S/C14H18N4O2/c15-6-2-8-18-13(19)5-10-17(14(18)20)9-4-12-3-1-7-16-11-12/h1,3,5,7,10-11H,2,4,6,8-9,15H2. The lowest BCUT2D eigenvalue weighted by Gasteiger charge is -2.09. The molecule has 106 valence electrons. The second-order valence-corrected chi connectivity index (χ2v) is 4.54. The Labute approximate surface area is 116 Å². The van der Waals surface area contributed by atoms with Gasteiger partial charge in [-0.25, -0.2) is 4.79 Å². The summed E-state index contributed by atoms with van der Waals surface area (Å²) in [6.45, 7) is 1.34. The maximum atomic E-state index is 12.2. The maximum Gasteiger partial charge on any atom is 0.330 e. The van der Waals surface area contributed by atoms with E-state index < -0.39 is 0 Å². The van der Waals surface area contributed by atoms with Crippen LogP contribution in [0, 0.1) is 0 Å². The molecule has 2 aromatic heterocycles. The van der Waals surface area contributed by atoms with Crippen molar-refractivity contribution >= 4 is 0 Å². The number of aryl methyl sites for hydroxylation is 2. The normalized spacial score (nSPS) is 10.7. The van der Waals surface area contributed by atoms with E-state index in [9.17, 15) is 9.59 Å². The van der Waals surface area contributed by atoms with Gasteiger partial charge in [-0.1, -0.05) is 6.07 Å². The van der Waals surface area contributed by atoms with Gasteiger partial charge in [-0.3, -0.25) is 14.3 Å². The van der Waals surface area contributed by atoms with Crippen LogP contribution >= 0.6 is 0 Å². The van der Waals surface area contributed by atoms with Crippen molar-refractivity contribution in [3.8, 4) is 0 Å². The van der Waals surface area contributed by atoms with Crippen molar-refractivity contribution in [1.29, 1.82) is 0 Å². The Morgan fingerprint density at radius 3 is 2.75 bits per heavy atom. The Morgan fingerprint density at radius 1 is 1.20 bits per heavy atom. The molecule has 6 heteroatoms. The summed E-state index contributed by atoms with van der Waals surface area (Å²) in [6, 6.07) is 5.24. The van der Waals surface area contributed by atoms with Crippen LogP contribution in [0.3, 0.4) is 0 Å². The molecule has 0 spiro atoms. The molecule has 0 saturated heterocycles. The van der Waals surface area contributed by atoms with Gasteiger partial charge >= 0.3 is 5.69 Å². The Morgan fingerprint density at radius 2 is 2.05 bits per heavy atom. The quantitative estimate of drug-likeness (QED) is 0.803. The Bertz CT molecular complexity index is 661. The van der Waals surface area contributed by atoms with E-state index in [0.29, 0.717) is 32.5 Å². The van der Waals surface area contributed by atoms with E-state index in [0.717, 1.165) is 5.56 Å². The maximum absolute atomic E-state index is 12.2. The zero-order valence-corrected chi connectivity index (χ0v) is 11.2. The van der Waals surface area contributed by atoms with Gasteiger partial charge in [-0.2, -0.15) is 0 Å². The number of nitrogens with two attached hydrogens (primary N) is 1. The van der Waals surface area contributed by atoms with Crippen LogP contribution in [0.5, 0.6) is 0 Å². The van der Waals surface area contributed by atoms with Gasteiger partial charge in [0.1, 0.15) is 0 Å². The zero-order chi connectivity index (χ0) is 14.4. The Hall–Kier alpha value is -2.21. The molecule has 2 rings (SSSR count). The fourth-order valence-electron chi connectivity index (χ4n) is 1.98. The first-order valence-electron chi connectivity index (χ1n) is 6.61. The minimum atomic E-state index is -0.283. The second kappa shape index (κ2) is 6.81. The van der Waals surface area contributed by atoms with Gasteiger partial charge in [0.05, 0.1) is 0 Å². The summed E-state index contributed by atoms with van der Waals surface area (Å²) in [5, 5.41) is 0. The molecule has 2 heterocycles. The zero-order valence-electron chi connectivity index (χ0n) is 11.2. The highest BCUT2D eigenvalue weighted by molar-refractivity contribution is 5.08. The summed E-state index contributed by atoms with van der Waals surface area (Å²) in [5.41, 5.74) is 5.91. The Kier molecular flexibility index (Phi) is 4.84. The van der Waals surface area contributed by atoms with Crippen LogP contribution in [-0.2, 0) is 19.5 Å². The average molecular weight is 274 g/mol. The van der Waals surface area contributed by atoms with E-state index >= 15 is 0 Å². The highest BCUT2D eigenvalue weighted by Crippen LogP contribution is 1.98. The van der Waals surface area contributed by atoms with E-state index in [1.807, 2.05) is 12.1 Å². The molecule has 0 atom stereocenters. The van der Waals surface area contributed by atoms with Crippen LogP contribution in [0.2, 0.25) is 0 Å². The molecule has 0 amide bonds. The molecule has 0 aliphatic carbocycles. The van der Waals surface area contributed by atoms with E-state index in [2.05, 4.69) is 4.98 Å². The van der Waals surface area contributed by atoms with Gasteiger partial charge in [0, 0.05) is 37.7 Å². The molecule has 0 bridgehead atoms. The van der Waals surface area contributed by atoms with Gasteiger partial charge in [-0.05, 0) is 31.0 Å². The lowest BCUT2D eigenvalue weighted by molar-refractivity contribution is 0.536. The summed E-state index contributed by atoms with van der Waals surface area (Å²) in [4.78, 5) is 27.9. The first-order chi connectivity index (χ1) is 9.72. The van der Waals surface area contributed by atoms with Gasteiger partial charge in [0.2, 0.25) is 0 Å². The minimum Gasteiger partial charge on any atom is -0.330 e. The number of hydrogen-bond acceptors (Lipinski definition) is 4. The van der Waals surface area contributed by atoms with Crippen molar-refractivity contribution in [3.63, 3.8) is 0 Å². The lowest BCUT2D eigenvalue weighted by Crippen LogP contribution is -2.39. The van der Waals surface area contributed by atoms with E-state index in [1.165, 1.54) is 10.6 Å². The monoisotopic (exact) mass is 274 g/mol. The fraction of sp³-hybridized carbons (Fsp3) is 0.357. The van der Waals surface area contributed by atoms with Crippen molar-refractivity contribution in [2.45, 2.75) is 25.9 Å². The molecule has 20 heavy (non-hydrogen) atoms. The summed E-state index contributed by atoms with van der Waals surface area (Å²) < 4.78 is 2.78. The summed E-state index contributed by atoms with van der Waals surface area (Å²) >= 11 is 0. The summed E-state index contributed by atoms with van der Waals surface area (Å²) in [7, 11) is 0. The smallest absolute Gasteiger partial charge is 0.330 e. The first kappa shape index (κ1) is 14.2. The highest BCUT2D eigenvalue weighted by atomic mass is 16.2. The largest absolute Gasteiger partial charge is 0.330 e. The van der Waals surface area contributed by atoms with Crippen LogP contribution in [-0.4, -0.2) is 20.7 Å². The van der Waals surface area contributed by atoms with Crippen LogP contribution in [0.15, 0.2) is 46.4 Å². The highest BCUT2D eigenvalue weighted by Gasteiger charge is 2.04. The van der Waals surface area contributed by atoms with Gasteiger partial charge < -0.3 is 10.3 Å². The second-order valence-electron chi connectivity index (χ2n) is 4.54. The van der Waals surface area contributed by atoms with Crippen molar-refractivity contribution < 1.29 is 0 Å². The number of hydrogen-bond donors (Lipinski definition) is 1. The molecule has 0 radical (unpaired) electrons. The molecule has 2 N–H and O–H groups in total. The SMILES string of the molecule is NCCCn1c(=O)ccn(CCc2cccnc2)c1=O. The third kappa shape index (κ3) is 3.42.